The van der Waals surface area contributed by atoms with Crippen LogP contribution in [0, 0.1) is 11.3 Å². The molecule has 3 nitrogen and oxygen atoms in total. The molecule has 1 fully saturated rings. The molecule has 1 aromatic carbocycles. The number of nitrogens with zero attached hydrogens (tertiary/aromatic N) is 3. The van der Waals surface area contributed by atoms with E-state index >= 15 is 0 Å². The van der Waals surface area contributed by atoms with E-state index in [0.29, 0.717) is 33.2 Å². The minimum Gasteiger partial charge on any atom is -0.363 e. The zero-order valence-corrected chi connectivity index (χ0v) is 16.4. The summed E-state index contributed by atoms with van der Waals surface area (Å²) < 4.78 is 0. The van der Waals surface area contributed by atoms with E-state index < -0.39 is 0 Å². The van der Waals surface area contributed by atoms with Crippen LogP contribution in [0.25, 0.3) is 0 Å². The second-order valence-electron chi connectivity index (χ2n) is 6.13. The highest BCUT2D eigenvalue weighted by molar-refractivity contribution is 6.33. The Labute approximate surface area is 164 Å². The maximum absolute atomic E-state index is 9.09. The molecule has 1 aliphatic heterocycles. The van der Waals surface area contributed by atoms with E-state index in [4.69, 9.17) is 40.1 Å². The van der Waals surface area contributed by atoms with Gasteiger partial charge >= 0.3 is 0 Å². The summed E-state index contributed by atoms with van der Waals surface area (Å²) in [6.07, 6.45) is 2.76. The molecule has 0 radical (unpaired) electrons. The van der Waals surface area contributed by atoms with Crippen molar-refractivity contribution in [1.29, 1.82) is 5.26 Å². The summed E-state index contributed by atoms with van der Waals surface area (Å²) in [6.45, 7) is 10.0. The van der Waals surface area contributed by atoms with Crippen LogP contribution >= 0.6 is 34.8 Å². The number of halogens is 3. The molecule has 0 saturated carbocycles. The van der Waals surface area contributed by atoms with Crippen LogP contribution in [0.3, 0.4) is 0 Å². The average molecular weight is 397 g/mol. The predicted molar refractivity (Wildman–Crippen MR) is 107 cm³/mol. The molecule has 0 unspecified atom stereocenters. The molecule has 132 valence electrons. The number of nitriles is 1. The first-order valence-electron chi connectivity index (χ1n) is 7.86. The smallest absolute Gasteiger partial charge is 0.101 e. The van der Waals surface area contributed by atoms with Gasteiger partial charge in [0.25, 0.3) is 0 Å². The van der Waals surface area contributed by atoms with Crippen LogP contribution in [-0.2, 0) is 0 Å². The highest BCUT2D eigenvalue weighted by atomic mass is 35.5. The molecule has 1 aromatic rings. The van der Waals surface area contributed by atoms with Crippen molar-refractivity contribution in [2.45, 2.75) is 12.5 Å². The Morgan fingerprint density at radius 1 is 1.44 bits per heavy atom. The topological polar surface area (TPSA) is 30.3 Å². The molecule has 0 aliphatic carbocycles. The van der Waals surface area contributed by atoms with Gasteiger partial charge in [-0.25, -0.2) is 0 Å². The van der Waals surface area contributed by atoms with E-state index in [1.807, 2.05) is 12.1 Å². The van der Waals surface area contributed by atoms with Gasteiger partial charge in [0.1, 0.15) is 6.07 Å². The van der Waals surface area contributed by atoms with Gasteiger partial charge in [0.15, 0.2) is 0 Å². The molecule has 0 N–H and O–H groups in total. The molecule has 0 amide bonds. The molecule has 6 heteroatoms. The molecule has 1 aliphatic rings. The van der Waals surface area contributed by atoms with Gasteiger partial charge in [0, 0.05) is 34.9 Å². The highest BCUT2D eigenvalue weighted by Crippen LogP contribution is 2.30. The minimum absolute atomic E-state index is 0.303. The summed E-state index contributed by atoms with van der Waals surface area (Å²) in [5.41, 5.74) is 2.20. The van der Waals surface area contributed by atoms with Crippen LogP contribution in [0.4, 0.5) is 5.69 Å². The van der Waals surface area contributed by atoms with Crippen LogP contribution < -0.4 is 4.90 Å². The van der Waals surface area contributed by atoms with Crippen LogP contribution in [0.1, 0.15) is 12.0 Å². The first-order chi connectivity index (χ1) is 11.8. The Hall–Kier alpha value is -1.44. The summed E-state index contributed by atoms with van der Waals surface area (Å²) in [5.74, 6) is 0. The molecule has 1 saturated heterocycles. The lowest BCUT2D eigenvalue weighted by Gasteiger charge is -2.32. The maximum atomic E-state index is 9.09. The van der Waals surface area contributed by atoms with Crippen molar-refractivity contribution < 1.29 is 0 Å². The van der Waals surface area contributed by atoms with Gasteiger partial charge in [-0.05, 0) is 49.9 Å². The fraction of sp³-hybridized carbons (Fsp3) is 0.316. The van der Waals surface area contributed by atoms with Crippen molar-refractivity contribution in [1.82, 2.24) is 4.90 Å². The molecule has 1 atom stereocenters. The molecular formula is C19H20Cl3N3. The Morgan fingerprint density at radius 3 is 2.64 bits per heavy atom. The Bertz CT molecular complexity index is 749. The standard InChI is InChI=1S/C19H20Cl3N3/c1-13(20)8-16(14(2)21)11-25(18-6-7-24(3)12-18)17-5-4-15(10-23)19(22)9-17/h4-5,8-9,18H,1-2,6-7,11-12H2,3H3/b16-8-/t18-/m0/s1. The second kappa shape index (κ2) is 8.78. The van der Waals surface area contributed by atoms with E-state index in [1.165, 1.54) is 0 Å². The second-order valence-corrected chi connectivity index (χ2v) is 7.48. The average Bonchev–Trinajstić information content (AvgIpc) is 2.96. The van der Waals surface area contributed by atoms with Crippen molar-refractivity contribution in [2.75, 3.05) is 31.6 Å². The summed E-state index contributed by atoms with van der Waals surface area (Å²) in [5, 5.41) is 10.4. The van der Waals surface area contributed by atoms with Crippen LogP contribution in [0.5, 0.6) is 0 Å². The van der Waals surface area contributed by atoms with Crippen molar-refractivity contribution in [3.63, 3.8) is 0 Å². The molecule has 2 rings (SSSR count). The maximum Gasteiger partial charge on any atom is 0.101 e. The van der Waals surface area contributed by atoms with Crippen molar-refractivity contribution >= 4 is 40.5 Å². The van der Waals surface area contributed by atoms with E-state index in [-0.39, 0.29) is 0 Å². The molecule has 0 spiro atoms. The van der Waals surface area contributed by atoms with Gasteiger partial charge in [-0.15, -0.1) is 0 Å². The Kier molecular flexibility index (Phi) is 6.98. The number of hydrogen-bond donors (Lipinski definition) is 0. The lowest BCUT2D eigenvalue weighted by molar-refractivity contribution is 0.408. The highest BCUT2D eigenvalue weighted by Gasteiger charge is 2.27. The molecule has 1 heterocycles. The first kappa shape index (κ1) is 19.9. The molecule has 25 heavy (non-hydrogen) atoms. The largest absolute Gasteiger partial charge is 0.363 e. The van der Waals surface area contributed by atoms with E-state index in [1.54, 1.807) is 12.1 Å². The molecule has 0 aromatic heterocycles. The Balaban J connectivity index is 2.40. The van der Waals surface area contributed by atoms with E-state index in [2.05, 4.69) is 36.1 Å². The third-order valence-corrected chi connectivity index (χ3v) is 4.90. The first-order valence-corrected chi connectivity index (χ1v) is 8.99. The number of likely N-dealkylation sites (N-methyl/N-ethyl adjacent to an activating group) is 1. The molecular weight excluding hydrogens is 377 g/mol. The fourth-order valence-electron chi connectivity index (χ4n) is 2.95. The van der Waals surface area contributed by atoms with Gasteiger partial charge in [-0.2, -0.15) is 5.26 Å². The van der Waals surface area contributed by atoms with Gasteiger partial charge in [-0.3, -0.25) is 0 Å². The summed E-state index contributed by atoms with van der Waals surface area (Å²) in [6, 6.07) is 7.86. The monoisotopic (exact) mass is 395 g/mol. The van der Waals surface area contributed by atoms with E-state index in [0.717, 1.165) is 30.8 Å². The summed E-state index contributed by atoms with van der Waals surface area (Å²) in [4.78, 5) is 4.51. The number of hydrogen-bond acceptors (Lipinski definition) is 3. The van der Waals surface area contributed by atoms with Gasteiger partial charge in [0.2, 0.25) is 0 Å². The predicted octanol–water partition coefficient (Wildman–Crippen LogP) is 5.15. The zero-order chi connectivity index (χ0) is 18.6. The number of allylic oxidation sites excluding steroid dienone is 2. The lowest BCUT2D eigenvalue weighted by atomic mass is 10.1. The number of likely N-dealkylation sites (tertiary alicyclic amines) is 1. The summed E-state index contributed by atoms with van der Waals surface area (Å²) >= 11 is 18.3. The van der Waals surface area contributed by atoms with Crippen molar-refractivity contribution in [3.8, 4) is 6.07 Å². The quantitative estimate of drug-likeness (QED) is 0.623. The Morgan fingerprint density at radius 2 is 2.16 bits per heavy atom. The van der Waals surface area contributed by atoms with Gasteiger partial charge in [0.05, 0.1) is 10.6 Å². The third kappa shape index (κ3) is 5.26. The van der Waals surface area contributed by atoms with Crippen LogP contribution in [0.2, 0.25) is 5.02 Å². The van der Waals surface area contributed by atoms with Crippen LogP contribution in [0.15, 0.2) is 53.1 Å². The summed E-state index contributed by atoms with van der Waals surface area (Å²) in [7, 11) is 2.10. The normalized spacial score (nSPS) is 18.0. The minimum atomic E-state index is 0.303. The number of benzene rings is 1. The van der Waals surface area contributed by atoms with Crippen molar-refractivity contribution in [3.05, 3.63) is 63.7 Å². The van der Waals surface area contributed by atoms with Gasteiger partial charge < -0.3 is 9.80 Å². The van der Waals surface area contributed by atoms with E-state index in [9.17, 15) is 0 Å². The number of rotatable bonds is 6. The third-order valence-electron chi connectivity index (χ3n) is 4.23. The van der Waals surface area contributed by atoms with Crippen LogP contribution in [-0.4, -0.2) is 37.6 Å². The zero-order valence-electron chi connectivity index (χ0n) is 14.1. The van der Waals surface area contributed by atoms with Gasteiger partial charge in [-0.1, -0.05) is 48.0 Å². The number of anilines is 1. The van der Waals surface area contributed by atoms with Crippen molar-refractivity contribution in [2.24, 2.45) is 0 Å². The fourth-order valence-corrected chi connectivity index (χ4v) is 3.42. The molecule has 0 bridgehead atoms. The SMILES string of the molecule is C=C(Cl)/C=C(/CN(c1ccc(C#N)c(Cl)c1)[C@H]1CCN(C)C1)C(=C)Cl. The lowest BCUT2D eigenvalue weighted by Crippen LogP contribution is -2.38.